The number of hydrogen-bond donors (Lipinski definition) is 1. The van der Waals surface area contributed by atoms with Crippen LogP contribution in [-0.2, 0) is 0 Å². The minimum atomic E-state index is -0.625. The van der Waals surface area contributed by atoms with Crippen molar-refractivity contribution in [2.75, 3.05) is 0 Å². The molecule has 0 aromatic carbocycles. The van der Waals surface area contributed by atoms with E-state index in [1.54, 1.807) is 0 Å². The molecule has 0 saturated carbocycles. The highest BCUT2D eigenvalue weighted by Gasteiger charge is 2.38. The summed E-state index contributed by atoms with van der Waals surface area (Å²) in [6.45, 7) is 6.16. The zero-order valence-corrected chi connectivity index (χ0v) is 8.78. The quantitative estimate of drug-likeness (QED) is 0.604. The molecule has 2 aliphatic carbocycles. The average molecular weight is 178 g/mol. The molecule has 72 valence electrons. The fourth-order valence-electron chi connectivity index (χ4n) is 2.67. The van der Waals surface area contributed by atoms with Crippen LogP contribution in [0, 0.1) is 0 Å². The normalized spacial score (nSPS) is 34.2. The first-order valence-corrected chi connectivity index (χ1v) is 5.18. The van der Waals surface area contributed by atoms with E-state index in [4.69, 9.17) is 0 Å². The molecule has 1 heteroatoms. The van der Waals surface area contributed by atoms with E-state index in [2.05, 4.69) is 13.8 Å². The summed E-state index contributed by atoms with van der Waals surface area (Å²) in [5.41, 5.74) is 4.64. The van der Waals surface area contributed by atoms with Crippen LogP contribution in [0.4, 0.5) is 0 Å². The first-order valence-electron chi connectivity index (χ1n) is 5.18. The molecule has 0 saturated heterocycles. The molecule has 0 spiro atoms. The van der Waals surface area contributed by atoms with Gasteiger partial charge in [-0.2, -0.15) is 0 Å². The lowest BCUT2D eigenvalue weighted by molar-refractivity contribution is 0.134. The maximum Gasteiger partial charge on any atom is 0.105 e. The molecule has 0 aliphatic heterocycles. The van der Waals surface area contributed by atoms with Crippen LogP contribution in [0.25, 0.3) is 0 Å². The maximum absolute atomic E-state index is 10.3. The highest BCUT2D eigenvalue weighted by Crippen LogP contribution is 2.46. The van der Waals surface area contributed by atoms with Crippen molar-refractivity contribution in [3.8, 4) is 0 Å². The third kappa shape index (κ3) is 1.10. The molecule has 0 fully saturated rings. The van der Waals surface area contributed by atoms with E-state index >= 15 is 0 Å². The Balaban J connectivity index is 2.50. The minimum absolute atomic E-state index is 0.625. The van der Waals surface area contributed by atoms with Crippen molar-refractivity contribution >= 4 is 0 Å². The highest BCUT2D eigenvalue weighted by atomic mass is 16.3. The summed E-state index contributed by atoms with van der Waals surface area (Å²) in [5.74, 6) is 0. The molecule has 0 amide bonds. The minimum Gasteiger partial charge on any atom is -0.381 e. The Morgan fingerprint density at radius 1 is 1.15 bits per heavy atom. The molecule has 0 radical (unpaired) electrons. The van der Waals surface area contributed by atoms with E-state index in [1.165, 1.54) is 41.6 Å². The molecule has 0 bridgehead atoms. The fourth-order valence-corrected chi connectivity index (χ4v) is 2.67. The van der Waals surface area contributed by atoms with Crippen LogP contribution in [-0.4, -0.2) is 10.7 Å². The average Bonchev–Trinajstić information content (AvgIpc) is 2.30. The Morgan fingerprint density at radius 2 is 1.77 bits per heavy atom. The molecular formula is C12H18O. The standard InChI is InChI=1S/C12H18O/c1-8-9(2)12(3,13)11-7-5-4-6-10(8)11/h13H,4-7H2,1-3H3. The predicted octanol–water partition coefficient (Wildman–Crippen LogP) is 2.96. The summed E-state index contributed by atoms with van der Waals surface area (Å²) in [6, 6.07) is 0. The van der Waals surface area contributed by atoms with Gasteiger partial charge >= 0.3 is 0 Å². The van der Waals surface area contributed by atoms with E-state index in [-0.39, 0.29) is 0 Å². The zero-order chi connectivity index (χ0) is 9.64. The van der Waals surface area contributed by atoms with E-state index in [1.807, 2.05) is 6.92 Å². The molecule has 1 N–H and O–H groups in total. The van der Waals surface area contributed by atoms with Crippen molar-refractivity contribution in [3.05, 3.63) is 22.3 Å². The molecule has 13 heavy (non-hydrogen) atoms. The van der Waals surface area contributed by atoms with Crippen molar-refractivity contribution in [3.63, 3.8) is 0 Å². The Labute approximate surface area is 80.2 Å². The second-order valence-electron chi connectivity index (χ2n) is 4.49. The Morgan fingerprint density at radius 3 is 2.38 bits per heavy atom. The molecule has 1 nitrogen and oxygen atoms in total. The van der Waals surface area contributed by atoms with Gasteiger partial charge in [0.2, 0.25) is 0 Å². The highest BCUT2D eigenvalue weighted by molar-refractivity contribution is 5.54. The first kappa shape index (κ1) is 9.01. The van der Waals surface area contributed by atoms with Gasteiger partial charge in [0.15, 0.2) is 0 Å². The molecule has 2 rings (SSSR count). The van der Waals surface area contributed by atoms with E-state index < -0.39 is 5.60 Å². The molecule has 0 aromatic rings. The van der Waals surface area contributed by atoms with Gasteiger partial charge in [-0.3, -0.25) is 0 Å². The Kier molecular flexibility index (Phi) is 1.88. The van der Waals surface area contributed by atoms with Gasteiger partial charge in [0, 0.05) is 0 Å². The fraction of sp³-hybridized carbons (Fsp3) is 0.667. The third-order valence-corrected chi connectivity index (χ3v) is 3.80. The zero-order valence-electron chi connectivity index (χ0n) is 8.78. The predicted molar refractivity (Wildman–Crippen MR) is 54.5 cm³/mol. The van der Waals surface area contributed by atoms with Crippen molar-refractivity contribution in [2.45, 2.75) is 52.1 Å². The number of rotatable bonds is 0. The van der Waals surface area contributed by atoms with Crippen LogP contribution in [0.15, 0.2) is 22.3 Å². The maximum atomic E-state index is 10.3. The smallest absolute Gasteiger partial charge is 0.105 e. The lowest BCUT2D eigenvalue weighted by Gasteiger charge is -2.26. The van der Waals surface area contributed by atoms with Crippen molar-refractivity contribution < 1.29 is 5.11 Å². The molecule has 1 unspecified atom stereocenters. The van der Waals surface area contributed by atoms with Gasteiger partial charge in [-0.15, -0.1) is 0 Å². The summed E-state index contributed by atoms with van der Waals surface area (Å²) in [4.78, 5) is 0. The van der Waals surface area contributed by atoms with Crippen molar-refractivity contribution in [1.82, 2.24) is 0 Å². The summed E-state index contributed by atoms with van der Waals surface area (Å²) < 4.78 is 0. The van der Waals surface area contributed by atoms with E-state index in [0.717, 1.165) is 6.42 Å². The number of aliphatic hydroxyl groups is 1. The van der Waals surface area contributed by atoms with Crippen LogP contribution in [0.2, 0.25) is 0 Å². The molecule has 0 aromatic heterocycles. The van der Waals surface area contributed by atoms with Gasteiger partial charge in [0.1, 0.15) is 5.60 Å². The lowest BCUT2D eigenvalue weighted by Crippen LogP contribution is -2.26. The van der Waals surface area contributed by atoms with Crippen LogP contribution in [0.5, 0.6) is 0 Å². The van der Waals surface area contributed by atoms with Crippen molar-refractivity contribution in [1.29, 1.82) is 0 Å². The topological polar surface area (TPSA) is 20.2 Å². The van der Waals surface area contributed by atoms with Gasteiger partial charge in [-0.05, 0) is 68.7 Å². The molecule has 1 atom stereocenters. The van der Waals surface area contributed by atoms with Crippen LogP contribution >= 0.6 is 0 Å². The van der Waals surface area contributed by atoms with Gasteiger partial charge in [-0.25, -0.2) is 0 Å². The van der Waals surface area contributed by atoms with Crippen LogP contribution in [0.1, 0.15) is 46.5 Å². The monoisotopic (exact) mass is 178 g/mol. The Bertz CT molecular complexity index is 305. The lowest BCUT2D eigenvalue weighted by atomic mass is 9.85. The van der Waals surface area contributed by atoms with E-state index in [9.17, 15) is 5.11 Å². The summed E-state index contributed by atoms with van der Waals surface area (Å²) in [7, 11) is 0. The van der Waals surface area contributed by atoms with Crippen LogP contribution < -0.4 is 0 Å². The van der Waals surface area contributed by atoms with Crippen molar-refractivity contribution in [2.24, 2.45) is 0 Å². The van der Waals surface area contributed by atoms with Gasteiger partial charge in [0.05, 0.1) is 0 Å². The first-order chi connectivity index (χ1) is 6.05. The SMILES string of the molecule is CC1=C(C)C(C)(O)C2=C1CCCC2. The summed E-state index contributed by atoms with van der Waals surface area (Å²) in [6.07, 6.45) is 4.81. The van der Waals surface area contributed by atoms with Gasteiger partial charge in [-0.1, -0.05) is 0 Å². The van der Waals surface area contributed by atoms with Gasteiger partial charge < -0.3 is 5.11 Å². The van der Waals surface area contributed by atoms with E-state index in [0.29, 0.717) is 0 Å². The van der Waals surface area contributed by atoms with Crippen LogP contribution in [0.3, 0.4) is 0 Å². The number of allylic oxidation sites excluding steroid dienone is 2. The molecule has 2 aliphatic rings. The Hall–Kier alpha value is -0.560. The number of hydrogen-bond acceptors (Lipinski definition) is 1. The summed E-state index contributed by atoms with van der Waals surface area (Å²) in [5, 5.41) is 10.3. The van der Waals surface area contributed by atoms with Gasteiger partial charge in [0.25, 0.3) is 0 Å². The summed E-state index contributed by atoms with van der Waals surface area (Å²) >= 11 is 0. The molecular weight excluding hydrogens is 160 g/mol. The molecule has 0 heterocycles. The largest absolute Gasteiger partial charge is 0.381 e. The second kappa shape index (κ2) is 2.71. The second-order valence-corrected chi connectivity index (χ2v) is 4.49. The third-order valence-electron chi connectivity index (χ3n) is 3.80.